The second kappa shape index (κ2) is 8.06. The van der Waals surface area contributed by atoms with Crippen LogP contribution >= 0.6 is 0 Å². The number of carbonyl (C=O) groups is 1. The predicted octanol–water partition coefficient (Wildman–Crippen LogP) is 4.82. The molecule has 0 fully saturated rings. The summed E-state index contributed by atoms with van der Waals surface area (Å²) >= 11 is 0. The van der Waals surface area contributed by atoms with Crippen LogP contribution in [0.3, 0.4) is 0 Å². The number of fused-ring (bicyclic) bond motifs is 1. The van der Waals surface area contributed by atoms with E-state index in [1.165, 1.54) is 12.3 Å². The predicted molar refractivity (Wildman–Crippen MR) is 111 cm³/mol. The summed E-state index contributed by atoms with van der Waals surface area (Å²) in [4.78, 5) is 17.0. The third-order valence-electron chi connectivity index (χ3n) is 5.38. The van der Waals surface area contributed by atoms with E-state index in [0.717, 1.165) is 17.7 Å². The van der Waals surface area contributed by atoms with Crippen molar-refractivity contribution < 1.29 is 22.7 Å². The molecule has 3 aromatic rings. The van der Waals surface area contributed by atoms with Crippen LogP contribution < -0.4 is 10.1 Å². The Labute approximate surface area is 178 Å². The highest BCUT2D eigenvalue weighted by molar-refractivity contribution is 5.87. The van der Waals surface area contributed by atoms with E-state index in [9.17, 15) is 18.0 Å². The van der Waals surface area contributed by atoms with Crippen molar-refractivity contribution in [1.29, 1.82) is 0 Å². The molecule has 1 aliphatic rings. The van der Waals surface area contributed by atoms with Crippen LogP contribution in [0.2, 0.25) is 0 Å². The monoisotopic (exact) mass is 426 g/mol. The van der Waals surface area contributed by atoms with E-state index < -0.39 is 17.3 Å². The fraction of sp³-hybridized carbons (Fsp3) is 0.250. The van der Waals surface area contributed by atoms with E-state index in [0.29, 0.717) is 29.7 Å². The normalized spacial score (nSPS) is 17.7. The number of pyridine rings is 1. The van der Waals surface area contributed by atoms with Gasteiger partial charge in [-0.1, -0.05) is 42.5 Å². The highest BCUT2D eigenvalue weighted by Crippen LogP contribution is 2.40. The van der Waals surface area contributed by atoms with Crippen LogP contribution in [-0.2, 0) is 23.8 Å². The van der Waals surface area contributed by atoms with Crippen LogP contribution in [0.25, 0.3) is 11.1 Å². The molecule has 2 heterocycles. The molecule has 4 rings (SSSR count). The minimum atomic E-state index is -4.43. The minimum Gasteiger partial charge on any atom is -0.461 e. The van der Waals surface area contributed by atoms with Crippen molar-refractivity contribution in [2.45, 2.75) is 31.5 Å². The topological polar surface area (TPSA) is 51.2 Å². The van der Waals surface area contributed by atoms with Gasteiger partial charge in [-0.3, -0.25) is 4.79 Å². The Morgan fingerprint density at radius 1 is 1.13 bits per heavy atom. The molecule has 0 spiro atoms. The lowest BCUT2D eigenvalue weighted by atomic mass is 9.92. The first-order valence-electron chi connectivity index (χ1n) is 9.93. The van der Waals surface area contributed by atoms with Crippen LogP contribution in [0.15, 0.2) is 66.9 Å². The lowest BCUT2D eigenvalue weighted by molar-refractivity contribution is -0.137. The van der Waals surface area contributed by atoms with Gasteiger partial charge in [0.25, 0.3) is 5.91 Å². The zero-order chi connectivity index (χ0) is 22.1. The molecule has 0 radical (unpaired) electrons. The Bertz CT molecular complexity index is 1100. The standard InChI is InChI=1S/C24H21F3N2O2/c1-23(22(30)29-12-10-16-6-3-2-4-7-16)15-20-19(11-13-28-21(20)31-23)17-8-5-9-18(14-17)24(25,26)27/h2-9,11,13-14H,10,12,15H2,1H3,(H,29,30). The molecule has 0 saturated carbocycles. The zero-order valence-electron chi connectivity index (χ0n) is 16.9. The van der Waals surface area contributed by atoms with Crippen LogP contribution in [0, 0.1) is 0 Å². The van der Waals surface area contributed by atoms with Crippen LogP contribution in [0.1, 0.15) is 23.6 Å². The summed E-state index contributed by atoms with van der Waals surface area (Å²) in [7, 11) is 0. The number of alkyl halides is 3. The van der Waals surface area contributed by atoms with Crippen LogP contribution in [-0.4, -0.2) is 23.0 Å². The molecule has 0 bridgehead atoms. The maximum atomic E-state index is 13.1. The van der Waals surface area contributed by atoms with E-state index in [-0.39, 0.29) is 18.2 Å². The third-order valence-corrected chi connectivity index (χ3v) is 5.38. The number of nitrogens with zero attached hydrogens (tertiary/aromatic N) is 1. The lowest BCUT2D eigenvalue weighted by Gasteiger charge is -2.22. The SMILES string of the molecule is CC1(C(=O)NCCc2ccccc2)Cc2c(-c3cccc(C(F)(F)F)c3)ccnc2O1. The van der Waals surface area contributed by atoms with Crippen molar-refractivity contribution in [2.75, 3.05) is 6.54 Å². The average Bonchev–Trinajstić information content (AvgIpc) is 3.11. The van der Waals surface area contributed by atoms with Gasteiger partial charge in [-0.2, -0.15) is 13.2 Å². The number of ether oxygens (including phenoxy) is 1. The second-order valence-corrected chi connectivity index (χ2v) is 7.72. The van der Waals surface area contributed by atoms with Gasteiger partial charge in [0, 0.05) is 24.7 Å². The first-order chi connectivity index (χ1) is 14.8. The summed E-state index contributed by atoms with van der Waals surface area (Å²) in [5.41, 5.74) is 0.822. The maximum absolute atomic E-state index is 13.1. The number of rotatable bonds is 5. The van der Waals surface area contributed by atoms with Crippen LogP contribution in [0.4, 0.5) is 13.2 Å². The largest absolute Gasteiger partial charge is 0.461 e. The number of hydrogen-bond acceptors (Lipinski definition) is 3. The Morgan fingerprint density at radius 2 is 1.90 bits per heavy atom. The molecule has 0 aliphatic carbocycles. The quantitative estimate of drug-likeness (QED) is 0.637. The molecule has 1 aliphatic heterocycles. The number of nitrogens with one attached hydrogen (secondary N) is 1. The maximum Gasteiger partial charge on any atom is 0.416 e. The molecular weight excluding hydrogens is 405 g/mol. The van der Waals surface area contributed by atoms with Crippen molar-refractivity contribution >= 4 is 5.91 Å². The first-order valence-corrected chi connectivity index (χ1v) is 9.93. The van der Waals surface area contributed by atoms with E-state index in [2.05, 4.69) is 10.3 Å². The Balaban J connectivity index is 1.52. The number of benzene rings is 2. The lowest BCUT2D eigenvalue weighted by Crippen LogP contribution is -2.48. The fourth-order valence-corrected chi connectivity index (χ4v) is 3.73. The van der Waals surface area contributed by atoms with E-state index in [4.69, 9.17) is 4.74 Å². The summed E-state index contributed by atoms with van der Waals surface area (Å²) in [6, 6.07) is 16.6. The van der Waals surface area contributed by atoms with Gasteiger partial charge in [-0.25, -0.2) is 4.98 Å². The smallest absolute Gasteiger partial charge is 0.416 e. The molecule has 31 heavy (non-hydrogen) atoms. The number of carbonyl (C=O) groups excluding carboxylic acids is 1. The number of halogens is 3. The van der Waals surface area contributed by atoms with Gasteiger partial charge in [-0.05, 0) is 48.2 Å². The molecule has 0 saturated heterocycles. The van der Waals surface area contributed by atoms with Gasteiger partial charge in [0.2, 0.25) is 5.88 Å². The Kier molecular flexibility index (Phi) is 5.43. The van der Waals surface area contributed by atoms with Gasteiger partial charge < -0.3 is 10.1 Å². The highest BCUT2D eigenvalue weighted by atomic mass is 19.4. The molecule has 1 N–H and O–H groups in total. The second-order valence-electron chi connectivity index (χ2n) is 7.72. The Hall–Kier alpha value is -3.35. The van der Waals surface area contributed by atoms with E-state index >= 15 is 0 Å². The highest BCUT2D eigenvalue weighted by Gasteiger charge is 2.43. The Morgan fingerprint density at radius 3 is 2.65 bits per heavy atom. The molecule has 7 heteroatoms. The molecule has 1 atom stereocenters. The number of amides is 1. The number of hydrogen-bond donors (Lipinski definition) is 1. The van der Waals surface area contributed by atoms with Gasteiger partial charge in [0.05, 0.1) is 5.56 Å². The molecule has 160 valence electrons. The van der Waals surface area contributed by atoms with E-state index in [1.807, 2.05) is 30.3 Å². The summed E-state index contributed by atoms with van der Waals surface area (Å²) in [6.45, 7) is 2.12. The summed E-state index contributed by atoms with van der Waals surface area (Å²) in [6.07, 6.45) is -2.05. The van der Waals surface area contributed by atoms with E-state index in [1.54, 1.807) is 19.1 Å². The van der Waals surface area contributed by atoms with Gasteiger partial charge >= 0.3 is 6.18 Å². The summed E-state index contributed by atoms with van der Waals surface area (Å²) < 4.78 is 45.3. The summed E-state index contributed by atoms with van der Waals surface area (Å²) in [5.74, 6) is -0.00737. The van der Waals surface area contributed by atoms with Gasteiger partial charge in [0.1, 0.15) is 0 Å². The van der Waals surface area contributed by atoms with Gasteiger partial charge in [0.15, 0.2) is 5.60 Å². The molecule has 1 aromatic heterocycles. The fourth-order valence-electron chi connectivity index (χ4n) is 3.73. The number of aromatic nitrogens is 1. The average molecular weight is 426 g/mol. The van der Waals surface area contributed by atoms with Crippen molar-refractivity contribution in [3.05, 3.63) is 83.6 Å². The molecular formula is C24H21F3N2O2. The third kappa shape index (κ3) is 4.40. The molecule has 1 amide bonds. The summed E-state index contributed by atoms with van der Waals surface area (Å²) in [5, 5.41) is 2.90. The zero-order valence-corrected chi connectivity index (χ0v) is 16.9. The van der Waals surface area contributed by atoms with Crippen molar-refractivity contribution in [3.63, 3.8) is 0 Å². The molecule has 2 aromatic carbocycles. The van der Waals surface area contributed by atoms with Crippen LogP contribution in [0.5, 0.6) is 5.88 Å². The van der Waals surface area contributed by atoms with Crippen molar-refractivity contribution in [3.8, 4) is 17.0 Å². The van der Waals surface area contributed by atoms with Crippen molar-refractivity contribution in [2.24, 2.45) is 0 Å². The molecule has 4 nitrogen and oxygen atoms in total. The van der Waals surface area contributed by atoms with Gasteiger partial charge in [-0.15, -0.1) is 0 Å². The molecule has 1 unspecified atom stereocenters. The van der Waals surface area contributed by atoms with Crippen molar-refractivity contribution in [1.82, 2.24) is 10.3 Å². The first kappa shape index (κ1) is 20.9. The minimum absolute atomic E-state index is 0.221.